The van der Waals surface area contributed by atoms with E-state index in [0.29, 0.717) is 30.9 Å². The van der Waals surface area contributed by atoms with Crippen molar-refractivity contribution in [3.8, 4) is 16.9 Å². The first-order valence-electron chi connectivity index (χ1n) is 15.1. The van der Waals surface area contributed by atoms with Gasteiger partial charge in [0.15, 0.2) is 0 Å². The quantitative estimate of drug-likeness (QED) is 0.377. The Balaban J connectivity index is 1.31. The van der Waals surface area contributed by atoms with Crippen molar-refractivity contribution in [2.24, 2.45) is 15.9 Å². The van der Waals surface area contributed by atoms with Crippen LogP contribution >= 0.6 is 0 Å². The monoisotopic (exact) mass is 530 g/mol. The minimum absolute atomic E-state index is 0.230. The molecule has 0 atom stereocenters. The fourth-order valence-corrected chi connectivity index (χ4v) is 5.73. The SMILES string of the molecule is CC1(C)COC(c2ccc(-c3ccc(OCC4CCCCCCCCCC4)cc3)cc2C2=NC(C)(C)CO2)=N1. The molecule has 0 amide bonds. The third-order valence-electron chi connectivity index (χ3n) is 8.06. The molecule has 1 fully saturated rings. The Kier molecular flexibility index (Phi) is 8.64. The molecule has 5 rings (SSSR count). The largest absolute Gasteiger partial charge is 0.493 e. The summed E-state index contributed by atoms with van der Waals surface area (Å²) >= 11 is 0. The van der Waals surface area contributed by atoms with E-state index in [1.807, 2.05) is 0 Å². The standard InChI is InChI=1S/C34H46N2O3/c1-33(2)23-38-31(35-33)29-20-17-27(21-30(29)32-36-34(3,4)24-39-32)26-15-18-28(19-16-26)37-22-25-13-11-9-7-5-6-8-10-12-14-25/h15-21,25H,5-14,22-24H2,1-4H3. The Morgan fingerprint density at radius 2 is 1.18 bits per heavy atom. The molecule has 0 bridgehead atoms. The van der Waals surface area contributed by atoms with Gasteiger partial charge in [-0.1, -0.05) is 69.6 Å². The predicted octanol–water partition coefficient (Wildman–Crippen LogP) is 8.37. The van der Waals surface area contributed by atoms with Crippen LogP contribution in [0.3, 0.4) is 0 Å². The van der Waals surface area contributed by atoms with Crippen LogP contribution in [0.1, 0.15) is 103 Å². The lowest BCUT2D eigenvalue weighted by Crippen LogP contribution is -2.17. The molecule has 39 heavy (non-hydrogen) atoms. The molecule has 0 aromatic heterocycles. The summed E-state index contributed by atoms with van der Waals surface area (Å²) in [5.74, 6) is 2.94. The van der Waals surface area contributed by atoms with Crippen molar-refractivity contribution in [2.75, 3.05) is 19.8 Å². The van der Waals surface area contributed by atoms with Gasteiger partial charge in [0.25, 0.3) is 0 Å². The summed E-state index contributed by atoms with van der Waals surface area (Å²) in [4.78, 5) is 9.69. The topological polar surface area (TPSA) is 52.4 Å². The van der Waals surface area contributed by atoms with Gasteiger partial charge in [0.2, 0.25) is 11.8 Å². The lowest BCUT2D eigenvalue weighted by molar-refractivity contribution is 0.225. The number of hydrogen-bond acceptors (Lipinski definition) is 5. The molecular formula is C34H46N2O3. The second kappa shape index (κ2) is 12.1. The molecule has 2 aromatic carbocycles. The minimum atomic E-state index is -0.243. The van der Waals surface area contributed by atoms with Crippen molar-refractivity contribution in [1.29, 1.82) is 0 Å². The molecule has 1 aliphatic carbocycles. The molecule has 5 heteroatoms. The van der Waals surface area contributed by atoms with Gasteiger partial charge in [-0.05, 0) is 81.8 Å². The smallest absolute Gasteiger partial charge is 0.217 e. The van der Waals surface area contributed by atoms with Crippen molar-refractivity contribution >= 4 is 11.8 Å². The fourth-order valence-electron chi connectivity index (χ4n) is 5.73. The third-order valence-corrected chi connectivity index (χ3v) is 8.06. The van der Waals surface area contributed by atoms with Gasteiger partial charge < -0.3 is 14.2 Å². The maximum absolute atomic E-state index is 6.30. The molecular weight excluding hydrogens is 484 g/mol. The average Bonchev–Trinajstić information content (AvgIpc) is 3.45. The second-order valence-corrected chi connectivity index (χ2v) is 12.9. The summed E-state index contributed by atoms with van der Waals surface area (Å²) < 4.78 is 18.4. The first-order chi connectivity index (χ1) is 18.8. The van der Waals surface area contributed by atoms with Gasteiger partial charge in [0.1, 0.15) is 19.0 Å². The molecule has 0 unspecified atom stereocenters. The normalized spacial score (nSPS) is 21.7. The summed E-state index contributed by atoms with van der Waals surface area (Å²) in [5.41, 5.74) is 3.64. The Hall–Kier alpha value is -2.82. The van der Waals surface area contributed by atoms with Crippen LogP contribution in [0, 0.1) is 5.92 Å². The van der Waals surface area contributed by atoms with Crippen molar-refractivity contribution in [3.63, 3.8) is 0 Å². The first kappa shape index (κ1) is 27.7. The van der Waals surface area contributed by atoms with E-state index in [4.69, 9.17) is 24.2 Å². The van der Waals surface area contributed by atoms with E-state index in [-0.39, 0.29) is 11.1 Å². The van der Waals surface area contributed by atoms with Crippen LogP contribution in [0.2, 0.25) is 0 Å². The van der Waals surface area contributed by atoms with Crippen LogP contribution < -0.4 is 4.74 Å². The maximum atomic E-state index is 6.30. The molecule has 5 nitrogen and oxygen atoms in total. The zero-order valence-corrected chi connectivity index (χ0v) is 24.4. The van der Waals surface area contributed by atoms with Crippen molar-refractivity contribution in [1.82, 2.24) is 0 Å². The van der Waals surface area contributed by atoms with E-state index in [1.165, 1.54) is 64.2 Å². The highest BCUT2D eigenvalue weighted by molar-refractivity contribution is 6.09. The lowest BCUT2D eigenvalue weighted by atomic mass is 9.96. The van der Waals surface area contributed by atoms with Crippen LogP contribution in [0.25, 0.3) is 11.1 Å². The molecule has 1 saturated carbocycles. The second-order valence-electron chi connectivity index (χ2n) is 12.9. The van der Waals surface area contributed by atoms with Crippen molar-refractivity contribution in [3.05, 3.63) is 53.6 Å². The number of benzene rings is 2. The summed E-state index contributed by atoms with van der Waals surface area (Å²) in [5, 5.41) is 0. The molecule has 2 heterocycles. The highest BCUT2D eigenvalue weighted by Crippen LogP contribution is 2.31. The van der Waals surface area contributed by atoms with Gasteiger partial charge >= 0.3 is 0 Å². The highest BCUT2D eigenvalue weighted by Gasteiger charge is 2.32. The Morgan fingerprint density at radius 1 is 0.667 bits per heavy atom. The van der Waals surface area contributed by atoms with Gasteiger partial charge in [-0.2, -0.15) is 0 Å². The van der Waals surface area contributed by atoms with Crippen LogP contribution in [-0.2, 0) is 9.47 Å². The Labute approximate surface area is 235 Å². The summed E-state index contributed by atoms with van der Waals surface area (Å²) in [6.07, 6.45) is 13.6. The Morgan fingerprint density at radius 3 is 1.72 bits per heavy atom. The van der Waals surface area contributed by atoms with E-state index in [0.717, 1.165) is 34.6 Å². The molecule has 0 saturated heterocycles. The number of aliphatic imine (C=N–C) groups is 2. The summed E-state index contributed by atoms with van der Waals surface area (Å²) in [7, 11) is 0. The molecule has 0 N–H and O–H groups in total. The van der Waals surface area contributed by atoms with Gasteiger partial charge in [-0.3, -0.25) is 0 Å². The molecule has 2 aromatic rings. The molecule has 210 valence electrons. The van der Waals surface area contributed by atoms with Gasteiger partial charge in [0.05, 0.1) is 17.7 Å². The van der Waals surface area contributed by atoms with Crippen molar-refractivity contribution < 1.29 is 14.2 Å². The van der Waals surface area contributed by atoms with Crippen LogP contribution in [0.4, 0.5) is 0 Å². The molecule has 3 aliphatic rings. The number of rotatable bonds is 6. The molecule has 0 spiro atoms. The maximum Gasteiger partial charge on any atom is 0.217 e. The fraction of sp³-hybridized carbons (Fsp3) is 0.588. The van der Waals surface area contributed by atoms with Crippen LogP contribution in [0.15, 0.2) is 52.4 Å². The van der Waals surface area contributed by atoms with E-state index in [1.54, 1.807) is 0 Å². The van der Waals surface area contributed by atoms with Crippen LogP contribution in [0.5, 0.6) is 5.75 Å². The minimum Gasteiger partial charge on any atom is -0.493 e. The van der Waals surface area contributed by atoms with E-state index >= 15 is 0 Å². The first-order valence-corrected chi connectivity index (χ1v) is 15.1. The predicted molar refractivity (Wildman–Crippen MR) is 160 cm³/mol. The van der Waals surface area contributed by atoms with Crippen molar-refractivity contribution in [2.45, 2.75) is 103 Å². The van der Waals surface area contributed by atoms with Gasteiger partial charge in [-0.15, -0.1) is 0 Å². The van der Waals surface area contributed by atoms with Gasteiger partial charge in [-0.25, -0.2) is 9.98 Å². The van der Waals surface area contributed by atoms with E-state index in [2.05, 4.69) is 70.2 Å². The average molecular weight is 531 g/mol. The summed E-state index contributed by atoms with van der Waals surface area (Å²) in [6, 6.07) is 14.9. The number of hydrogen-bond donors (Lipinski definition) is 0. The number of nitrogens with zero attached hydrogens (tertiary/aromatic N) is 2. The molecule has 2 aliphatic heterocycles. The van der Waals surface area contributed by atoms with E-state index < -0.39 is 0 Å². The van der Waals surface area contributed by atoms with Crippen LogP contribution in [-0.4, -0.2) is 42.7 Å². The molecule has 0 radical (unpaired) electrons. The lowest BCUT2D eigenvalue weighted by Gasteiger charge is -2.18. The van der Waals surface area contributed by atoms with E-state index in [9.17, 15) is 0 Å². The zero-order valence-electron chi connectivity index (χ0n) is 24.4. The summed E-state index contributed by atoms with van der Waals surface area (Å²) in [6.45, 7) is 10.3. The third kappa shape index (κ3) is 7.43. The zero-order chi connectivity index (χ0) is 27.3. The Bertz CT molecular complexity index is 1170. The van der Waals surface area contributed by atoms with Gasteiger partial charge in [0, 0.05) is 11.1 Å². The highest BCUT2D eigenvalue weighted by atomic mass is 16.5. The number of ether oxygens (including phenoxy) is 3.